The number of carbonyl (C=O) groups is 2. The molecule has 0 heterocycles. The Kier molecular flexibility index (Phi) is 6.75. The van der Waals surface area contributed by atoms with Crippen LogP contribution in [0.25, 0.3) is 10.8 Å². The number of nitrogens with zero attached hydrogens (tertiary/aromatic N) is 1. The van der Waals surface area contributed by atoms with Crippen LogP contribution in [0.1, 0.15) is 21.5 Å². The number of hydrogen-bond donors (Lipinski definition) is 1. The molecule has 0 atom stereocenters. The Labute approximate surface area is 191 Å². The average molecular weight is 438 g/mol. The van der Waals surface area contributed by atoms with Gasteiger partial charge in [0.05, 0.1) is 25.3 Å². The molecule has 1 N–H and O–H groups in total. The molecule has 0 aliphatic rings. The number of amides is 1. The summed E-state index contributed by atoms with van der Waals surface area (Å²) in [7, 11) is 1.49. The summed E-state index contributed by atoms with van der Waals surface area (Å²) >= 11 is 0. The van der Waals surface area contributed by atoms with Crippen LogP contribution in [0.3, 0.4) is 0 Å². The van der Waals surface area contributed by atoms with Gasteiger partial charge in [0.2, 0.25) is 5.91 Å². The highest BCUT2D eigenvalue weighted by molar-refractivity contribution is 5.92. The molecule has 0 aromatic heterocycles. The van der Waals surface area contributed by atoms with E-state index in [0.717, 1.165) is 16.3 Å². The third-order valence-corrected chi connectivity index (χ3v) is 5.03. The molecule has 0 unspecified atom stereocenters. The first-order valence-corrected chi connectivity index (χ1v) is 10.4. The van der Waals surface area contributed by atoms with Gasteiger partial charge in [-0.25, -0.2) is 10.2 Å². The van der Waals surface area contributed by atoms with Gasteiger partial charge in [0.15, 0.2) is 11.5 Å². The number of nitrogens with one attached hydrogen (secondary N) is 1. The molecule has 33 heavy (non-hydrogen) atoms. The van der Waals surface area contributed by atoms with Gasteiger partial charge in [-0.2, -0.15) is 5.10 Å². The lowest BCUT2D eigenvalue weighted by Crippen LogP contribution is -2.19. The zero-order chi connectivity index (χ0) is 23.0. The number of methoxy groups -OCH3 is 1. The Balaban J connectivity index is 1.39. The van der Waals surface area contributed by atoms with Crippen LogP contribution in [0, 0.1) is 0 Å². The van der Waals surface area contributed by atoms with Gasteiger partial charge in [0.25, 0.3) is 0 Å². The standard InChI is InChI=1S/C27H22N2O4/c1-32-25-16-19(14-15-24(25)33-27(31)21-9-3-2-4-10-21)18-28-29-26(30)17-22-12-7-11-20-8-5-6-13-23(20)22/h2-16,18H,17H2,1H3,(H,29,30). The molecule has 0 radical (unpaired) electrons. The van der Waals surface area contributed by atoms with E-state index < -0.39 is 5.97 Å². The minimum absolute atomic E-state index is 0.219. The number of hydrazone groups is 1. The Morgan fingerprint density at radius 3 is 2.45 bits per heavy atom. The molecule has 0 aliphatic carbocycles. The van der Waals surface area contributed by atoms with Gasteiger partial charge >= 0.3 is 5.97 Å². The van der Waals surface area contributed by atoms with Gasteiger partial charge < -0.3 is 9.47 Å². The normalized spacial score (nSPS) is 10.8. The lowest BCUT2D eigenvalue weighted by Gasteiger charge is -2.10. The molecule has 4 aromatic carbocycles. The zero-order valence-electron chi connectivity index (χ0n) is 18.0. The minimum Gasteiger partial charge on any atom is -0.493 e. The lowest BCUT2D eigenvalue weighted by atomic mass is 10.0. The van der Waals surface area contributed by atoms with Gasteiger partial charge in [0.1, 0.15) is 0 Å². The van der Waals surface area contributed by atoms with Gasteiger partial charge in [-0.1, -0.05) is 60.7 Å². The number of benzene rings is 4. The highest BCUT2D eigenvalue weighted by atomic mass is 16.6. The second-order valence-corrected chi connectivity index (χ2v) is 7.27. The van der Waals surface area contributed by atoms with E-state index in [-0.39, 0.29) is 12.3 Å². The van der Waals surface area contributed by atoms with Crippen molar-refractivity contribution in [3.63, 3.8) is 0 Å². The molecular weight excluding hydrogens is 416 g/mol. The lowest BCUT2D eigenvalue weighted by molar-refractivity contribution is -0.120. The number of rotatable bonds is 7. The second-order valence-electron chi connectivity index (χ2n) is 7.27. The first-order valence-electron chi connectivity index (χ1n) is 10.4. The largest absolute Gasteiger partial charge is 0.493 e. The van der Waals surface area contributed by atoms with Crippen molar-refractivity contribution in [2.45, 2.75) is 6.42 Å². The number of carbonyl (C=O) groups excluding carboxylic acids is 2. The van der Waals surface area contributed by atoms with Gasteiger partial charge in [-0.05, 0) is 52.2 Å². The van der Waals surface area contributed by atoms with Crippen LogP contribution in [-0.4, -0.2) is 25.2 Å². The maximum Gasteiger partial charge on any atom is 0.343 e. The highest BCUT2D eigenvalue weighted by Gasteiger charge is 2.12. The van der Waals surface area contributed by atoms with Crippen molar-refractivity contribution in [1.82, 2.24) is 5.43 Å². The second kappa shape index (κ2) is 10.2. The molecule has 6 nitrogen and oxygen atoms in total. The van der Waals surface area contributed by atoms with Crippen LogP contribution in [0.5, 0.6) is 11.5 Å². The molecule has 0 fully saturated rings. The fourth-order valence-corrected chi connectivity index (χ4v) is 3.42. The summed E-state index contributed by atoms with van der Waals surface area (Å²) in [5.74, 6) is -0.0206. The summed E-state index contributed by atoms with van der Waals surface area (Å²) in [5.41, 5.74) is 4.61. The van der Waals surface area contributed by atoms with Crippen LogP contribution < -0.4 is 14.9 Å². The van der Waals surface area contributed by atoms with E-state index in [0.29, 0.717) is 22.6 Å². The zero-order valence-corrected chi connectivity index (χ0v) is 18.0. The smallest absolute Gasteiger partial charge is 0.343 e. The Morgan fingerprint density at radius 2 is 1.64 bits per heavy atom. The molecule has 164 valence electrons. The van der Waals surface area contributed by atoms with Crippen LogP contribution >= 0.6 is 0 Å². The van der Waals surface area contributed by atoms with Crippen LogP contribution in [0.2, 0.25) is 0 Å². The molecule has 4 rings (SSSR count). The quantitative estimate of drug-likeness (QED) is 0.195. The van der Waals surface area contributed by atoms with Crippen molar-refractivity contribution in [3.8, 4) is 11.5 Å². The molecule has 0 saturated carbocycles. The fourth-order valence-electron chi connectivity index (χ4n) is 3.42. The summed E-state index contributed by atoms with van der Waals surface area (Å²) in [4.78, 5) is 24.7. The third kappa shape index (κ3) is 5.43. The summed E-state index contributed by atoms with van der Waals surface area (Å²) in [6.45, 7) is 0. The molecule has 0 spiro atoms. The molecule has 1 amide bonds. The SMILES string of the molecule is COc1cc(C=NNC(=O)Cc2cccc3ccccc23)ccc1OC(=O)c1ccccc1. The first kappa shape index (κ1) is 21.8. The van der Waals surface area contributed by atoms with E-state index in [9.17, 15) is 9.59 Å². The van der Waals surface area contributed by atoms with Crippen molar-refractivity contribution in [2.24, 2.45) is 5.10 Å². The highest BCUT2D eigenvalue weighted by Crippen LogP contribution is 2.28. The summed E-state index contributed by atoms with van der Waals surface area (Å²) in [6, 6.07) is 27.6. The molecule has 0 saturated heterocycles. The van der Waals surface area contributed by atoms with Crippen molar-refractivity contribution in [3.05, 3.63) is 108 Å². The molecule has 0 aliphatic heterocycles. The van der Waals surface area contributed by atoms with E-state index in [2.05, 4.69) is 10.5 Å². The number of esters is 1. The predicted molar refractivity (Wildman–Crippen MR) is 128 cm³/mol. The molecular formula is C27H22N2O4. The van der Waals surface area contributed by atoms with E-state index >= 15 is 0 Å². The van der Waals surface area contributed by atoms with Crippen molar-refractivity contribution in [1.29, 1.82) is 0 Å². The van der Waals surface area contributed by atoms with E-state index in [1.807, 2.05) is 48.5 Å². The summed E-state index contributed by atoms with van der Waals surface area (Å²) in [5, 5.41) is 6.18. The van der Waals surface area contributed by atoms with Crippen molar-refractivity contribution >= 4 is 28.9 Å². The minimum atomic E-state index is -0.476. The van der Waals surface area contributed by atoms with Crippen molar-refractivity contribution in [2.75, 3.05) is 7.11 Å². The third-order valence-electron chi connectivity index (χ3n) is 5.03. The summed E-state index contributed by atoms with van der Waals surface area (Å²) < 4.78 is 10.8. The monoisotopic (exact) mass is 438 g/mol. The Bertz CT molecular complexity index is 1310. The first-order chi connectivity index (χ1) is 16.1. The van der Waals surface area contributed by atoms with E-state index in [4.69, 9.17) is 9.47 Å². The number of fused-ring (bicyclic) bond motifs is 1. The van der Waals surface area contributed by atoms with E-state index in [1.165, 1.54) is 13.3 Å². The molecule has 6 heteroatoms. The Morgan fingerprint density at radius 1 is 0.879 bits per heavy atom. The van der Waals surface area contributed by atoms with Gasteiger partial charge in [-0.15, -0.1) is 0 Å². The maximum absolute atomic E-state index is 12.4. The maximum atomic E-state index is 12.4. The fraction of sp³-hybridized carbons (Fsp3) is 0.0741. The van der Waals surface area contributed by atoms with Gasteiger partial charge in [-0.3, -0.25) is 4.79 Å². The predicted octanol–water partition coefficient (Wildman–Crippen LogP) is 4.76. The average Bonchev–Trinajstić information content (AvgIpc) is 2.85. The topological polar surface area (TPSA) is 77.0 Å². The van der Waals surface area contributed by atoms with Crippen LogP contribution in [0.15, 0.2) is 96.1 Å². The summed E-state index contributed by atoms with van der Waals surface area (Å²) in [6.07, 6.45) is 1.72. The molecule has 4 aromatic rings. The van der Waals surface area contributed by atoms with Gasteiger partial charge in [0, 0.05) is 0 Å². The van der Waals surface area contributed by atoms with Crippen molar-refractivity contribution < 1.29 is 19.1 Å². The van der Waals surface area contributed by atoms with Crippen LogP contribution in [-0.2, 0) is 11.2 Å². The number of hydrogen-bond acceptors (Lipinski definition) is 5. The molecule has 0 bridgehead atoms. The number of ether oxygens (including phenoxy) is 2. The Hall–Kier alpha value is -4.45. The van der Waals surface area contributed by atoms with Crippen LogP contribution in [0.4, 0.5) is 0 Å². The van der Waals surface area contributed by atoms with E-state index in [1.54, 1.807) is 42.5 Å².